The molecule has 0 unspecified atom stereocenters. The van der Waals surface area contributed by atoms with E-state index in [2.05, 4.69) is 0 Å². The number of ether oxygens (including phenoxy) is 3. The minimum atomic E-state index is -0.441. The van der Waals surface area contributed by atoms with Crippen LogP contribution in [0.4, 0.5) is 0 Å². The fourth-order valence-corrected chi connectivity index (χ4v) is 4.13. The predicted molar refractivity (Wildman–Crippen MR) is 117 cm³/mol. The number of benzene rings is 2. The Kier molecular flexibility index (Phi) is 4.74. The first kappa shape index (κ1) is 19.9. The summed E-state index contributed by atoms with van der Waals surface area (Å²) >= 11 is 0. The molecule has 2 aromatic carbocycles. The third kappa shape index (κ3) is 3.13. The molecule has 0 saturated carbocycles. The normalized spacial score (nSPS) is 15.3. The second-order valence-corrected chi connectivity index (χ2v) is 7.58. The van der Waals surface area contributed by atoms with Crippen LogP contribution in [0.2, 0.25) is 0 Å². The number of carbonyl (C=O) groups is 1. The van der Waals surface area contributed by atoms with E-state index in [-0.39, 0.29) is 23.0 Å². The summed E-state index contributed by atoms with van der Waals surface area (Å²) in [4.78, 5) is 25.9. The standard InChI is InChI=1S/C25H20O7/c1-13-4-9-18(31-13)16-10-21(26)32-20-11-19(29-3)23-24(27)17(12-30-25(23)22(16)20)14-5-7-15(28-2)8-6-14/h4-9,11-12,16H,10H2,1-3H3/t16-/m1/s1. The van der Waals surface area contributed by atoms with Crippen molar-refractivity contribution in [2.75, 3.05) is 14.2 Å². The largest absolute Gasteiger partial charge is 0.497 e. The molecule has 1 atom stereocenters. The molecule has 2 aromatic heterocycles. The molecule has 0 saturated heterocycles. The number of carbonyl (C=O) groups excluding carboxylic acids is 1. The number of hydrogen-bond acceptors (Lipinski definition) is 7. The van der Waals surface area contributed by atoms with E-state index in [0.717, 1.165) is 5.76 Å². The van der Waals surface area contributed by atoms with Gasteiger partial charge in [0, 0.05) is 11.6 Å². The average molecular weight is 432 g/mol. The Bertz CT molecular complexity index is 1390. The average Bonchev–Trinajstić information content (AvgIpc) is 3.24. The van der Waals surface area contributed by atoms with E-state index < -0.39 is 11.9 Å². The van der Waals surface area contributed by atoms with Crippen molar-refractivity contribution in [1.82, 2.24) is 0 Å². The van der Waals surface area contributed by atoms with Crippen LogP contribution in [0, 0.1) is 6.92 Å². The molecule has 4 aromatic rings. The van der Waals surface area contributed by atoms with Crippen molar-refractivity contribution >= 4 is 16.9 Å². The number of aryl methyl sites for hydroxylation is 1. The van der Waals surface area contributed by atoms with Gasteiger partial charge in [0.25, 0.3) is 0 Å². The fourth-order valence-electron chi connectivity index (χ4n) is 4.13. The van der Waals surface area contributed by atoms with Crippen molar-refractivity contribution in [3.8, 4) is 28.4 Å². The van der Waals surface area contributed by atoms with Gasteiger partial charge in [-0.1, -0.05) is 12.1 Å². The van der Waals surface area contributed by atoms with Gasteiger partial charge in [-0.05, 0) is 36.8 Å². The Balaban J connectivity index is 1.77. The highest BCUT2D eigenvalue weighted by Gasteiger charge is 2.35. The molecular formula is C25H20O7. The Morgan fingerprint density at radius 2 is 1.78 bits per heavy atom. The van der Waals surface area contributed by atoms with E-state index in [9.17, 15) is 9.59 Å². The van der Waals surface area contributed by atoms with Crippen LogP contribution in [0.3, 0.4) is 0 Å². The zero-order valence-corrected chi connectivity index (χ0v) is 17.8. The van der Waals surface area contributed by atoms with Crippen LogP contribution in [0.25, 0.3) is 22.1 Å². The van der Waals surface area contributed by atoms with Crippen molar-refractivity contribution in [2.24, 2.45) is 0 Å². The molecule has 32 heavy (non-hydrogen) atoms. The van der Waals surface area contributed by atoms with E-state index in [1.54, 1.807) is 37.4 Å². The van der Waals surface area contributed by atoms with Gasteiger partial charge in [0.2, 0.25) is 5.43 Å². The van der Waals surface area contributed by atoms with Gasteiger partial charge >= 0.3 is 5.97 Å². The van der Waals surface area contributed by atoms with Gasteiger partial charge in [0.05, 0.1) is 32.1 Å². The molecule has 3 heterocycles. The van der Waals surface area contributed by atoms with Gasteiger partial charge < -0.3 is 23.0 Å². The highest BCUT2D eigenvalue weighted by Crippen LogP contribution is 2.46. The first-order valence-corrected chi connectivity index (χ1v) is 10.1. The molecule has 0 aliphatic carbocycles. The fraction of sp³-hybridized carbons (Fsp3) is 0.200. The second-order valence-electron chi connectivity index (χ2n) is 7.58. The van der Waals surface area contributed by atoms with Gasteiger partial charge in [-0.15, -0.1) is 0 Å². The maximum atomic E-state index is 13.6. The second kappa shape index (κ2) is 7.60. The van der Waals surface area contributed by atoms with E-state index in [0.29, 0.717) is 39.5 Å². The Morgan fingerprint density at radius 3 is 2.44 bits per heavy atom. The number of rotatable bonds is 4. The summed E-state index contributed by atoms with van der Waals surface area (Å²) in [6.07, 6.45) is 1.50. The third-order valence-corrected chi connectivity index (χ3v) is 5.68. The number of fused-ring (bicyclic) bond motifs is 3. The monoisotopic (exact) mass is 432 g/mol. The Morgan fingerprint density at radius 1 is 1.00 bits per heavy atom. The summed E-state index contributed by atoms with van der Waals surface area (Å²) in [6.45, 7) is 1.83. The SMILES string of the molecule is COc1ccc(-c2coc3c4c(cc(OC)c3c2=O)OC(=O)C[C@@H]4c2ccc(C)o2)cc1. The van der Waals surface area contributed by atoms with Crippen molar-refractivity contribution in [3.05, 3.63) is 76.0 Å². The molecule has 7 heteroatoms. The van der Waals surface area contributed by atoms with Gasteiger partial charge in [-0.3, -0.25) is 9.59 Å². The zero-order valence-electron chi connectivity index (χ0n) is 17.8. The molecular weight excluding hydrogens is 412 g/mol. The van der Waals surface area contributed by atoms with Crippen LogP contribution in [0.1, 0.15) is 29.4 Å². The number of furan rings is 1. The number of methoxy groups -OCH3 is 2. The highest BCUT2D eigenvalue weighted by molar-refractivity contribution is 5.94. The van der Waals surface area contributed by atoms with Crippen LogP contribution >= 0.6 is 0 Å². The lowest BCUT2D eigenvalue weighted by atomic mass is 9.88. The maximum absolute atomic E-state index is 13.6. The summed E-state index contributed by atoms with van der Waals surface area (Å²) in [5, 5.41) is 0.283. The van der Waals surface area contributed by atoms with Crippen molar-refractivity contribution < 1.29 is 27.8 Å². The van der Waals surface area contributed by atoms with Gasteiger partial charge in [0.1, 0.15) is 46.0 Å². The van der Waals surface area contributed by atoms with Gasteiger partial charge in [-0.2, -0.15) is 0 Å². The molecule has 7 nitrogen and oxygen atoms in total. The van der Waals surface area contributed by atoms with Crippen LogP contribution in [0.15, 0.2) is 62.4 Å². The predicted octanol–water partition coefficient (Wildman–Crippen LogP) is 4.82. The lowest BCUT2D eigenvalue weighted by molar-refractivity contribution is -0.135. The van der Waals surface area contributed by atoms with Crippen LogP contribution < -0.4 is 19.6 Å². The van der Waals surface area contributed by atoms with E-state index in [1.807, 2.05) is 19.1 Å². The first-order chi connectivity index (χ1) is 15.5. The highest BCUT2D eigenvalue weighted by atomic mass is 16.5. The smallest absolute Gasteiger partial charge is 0.312 e. The molecule has 0 bridgehead atoms. The summed E-state index contributed by atoms with van der Waals surface area (Å²) in [6, 6.07) is 12.3. The van der Waals surface area contributed by atoms with Crippen molar-refractivity contribution in [1.29, 1.82) is 0 Å². The van der Waals surface area contributed by atoms with Crippen LogP contribution in [0.5, 0.6) is 17.2 Å². The number of esters is 1. The van der Waals surface area contributed by atoms with E-state index in [1.165, 1.54) is 13.4 Å². The third-order valence-electron chi connectivity index (χ3n) is 5.68. The summed E-state index contributed by atoms with van der Waals surface area (Å²) in [5.41, 5.74) is 1.73. The minimum Gasteiger partial charge on any atom is -0.497 e. The van der Waals surface area contributed by atoms with Crippen molar-refractivity contribution in [2.45, 2.75) is 19.3 Å². The molecule has 1 aliphatic rings. The molecule has 0 amide bonds. The minimum absolute atomic E-state index is 0.0747. The molecule has 0 spiro atoms. The van der Waals surface area contributed by atoms with E-state index >= 15 is 0 Å². The van der Waals surface area contributed by atoms with E-state index in [4.69, 9.17) is 23.0 Å². The first-order valence-electron chi connectivity index (χ1n) is 10.1. The summed E-state index contributed by atoms with van der Waals surface area (Å²) < 4.78 is 28.0. The lowest BCUT2D eigenvalue weighted by Gasteiger charge is -2.24. The zero-order chi connectivity index (χ0) is 22.4. The summed E-state index contributed by atoms with van der Waals surface area (Å²) in [5.74, 6) is 1.75. The summed E-state index contributed by atoms with van der Waals surface area (Å²) in [7, 11) is 3.04. The molecule has 5 rings (SSSR count). The topological polar surface area (TPSA) is 88.1 Å². The van der Waals surface area contributed by atoms with Gasteiger partial charge in [-0.25, -0.2) is 0 Å². The van der Waals surface area contributed by atoms with Gasteiger partial charge in [0.15, 0.2) is 0 Å². The lowest BCUT2D eigenvalue weighted by Crippen LogP contribution is -2.22. The Hall–Kier alpha value is -4.00. The van der Waals surface area contributed by atoms with Crippen LogP contribution in [-0.4, -0.2) is 20.2 Å². The Labute approximate surface area is 183 Å². The maximum Gasteiger partial charge on any atom is 0.312 e. The quantitative estimate of drug-likeness (QED) is 0.337. The van der Waals surface area contributed by atoms with Crippen LogP contribution in [-0.2, 0) is 4.79 Å². The molecule has 0 N–H and O–H groups in total. The molecule has 0 fully saturated rings. The molecule has 162 valence electrons. The van der Waals surface area contributed by atoms with Crippen molar-refractivity contribution in [3.63, 3.8) is 0 Å². The number of hydrogen-bond donors (Lipinski definition) is 0. The molecule has 0 radical (unpaired) electrons. The molecule has 1 aliphatic heterocycles.